The molecule has 9 heteroatoms. The Bertz CT molecular complexity index is 454. The summed E-state index contributed by atoms with van der Waals surface area (Å²) in [6, 6.07) is 2.18. The number of carboxylic acid groups (broad SMARTS) is 2. The Balaban J connectivity index is 0. The fourth-order valence-electron chi connectivity index (χ4n) is 1.56. The molecule has 1 aromatic rings. The van der Waals surface area contributed by atoms with Crippen LogP contribution in [-0.2, 0) is 0 Å². The maximum atomic E-state index is 10.2. The van der Waals surface area contributed by atoms with Gasteiger partial charge in [-0.2, -0.15) is 0 Å². The van der Waals surface area contributed by atoms with Gasteiger partial charge in [0, 0.05) is 6.61 Å². The highest BCUT2D eigenvalue weighted by atomic mass is 16.5. The fraction of sp³-hybridized carbons (Fsp3) is 0.647. The average Bonchev–Trinajstić information content (AvgIpc) is 3.05. The highest BCUT2D eigenvalue weighted by Gasteiger charge is 2.12. The molecule has 0 aliphatic heterocycles. The molecule has 0 saturated heterocycles. The first-order valence-corrected chi connectivity index (χ1v) is 8.40. The van der Waals surface area contributed by atoms with E-state index >= 15 is 0 Å². The minimum absolute atomic E-state index is 0.102. The lowest BCUT2D eigenvalue weighted by molar-refractivity contribution is -0.0453. The van der Waals surface area contributed by atoms with E-state index in [1.165, 1.54) is 0 Å². The van der Waals surface area contributed by atoms with Crippen molar-refractivity contribution < 1.29 is 44.6 Å². The first-order chi connectivity index (χ1) is 12.2. The molecule has 152 valence electrons. The zero-order chi connectivity index (χ0) is 20.5. The van der Waals surface area contributed by atoms with Crippen LogP contribution in [0.5, 0.6) is 0 Å². The van der Waals surface area contributed by atoms with E-state index in [4.69, 9.17) is 30.6 Å². The molecule has 1 rings (SSSR count). The van der Waals surface area contributed by atoms with Crippen LogP contribution in [0.15, 0.2) is 16.5 Å². The van der Waals surface area contributed by atoms with Crippen molar-refractivity contribution in [2.45, 2.75) is 64.8 Å². The summed E-state index contributed by atoms with van der Waals surface area (Å²) in [6.45, 7) is 4.09. The Morgan fingerprint density at radius 3 is 1.65 bits per heavy atom. The van der Waals surface area contributed by atoms with Gasteiger partial charge in [0.1, 0.15) is 0 Å². The molecule has 0 saturated carbocycles. The van der Waals surface area contributed by atoms with Gasteiger partial charge in [0.05, 0.1) is 6.10 Å². The molecule has 1 atom stereocenters. The maximum Gasteiger partial charge on any atom is 0.371 e. The van der Waals surface area contributed by atoms with Gasteiger partial charge in [0.2, 0.25) is 11.5 Å². The number of unbranched alkanes of at least 4 members (excludes halogenated alkanes) is 1. The Morgan fingerprint density at radius 2 is 1.42 bits per heavy atom. The van der Waals surface area contributed by atoms with Crippen LogP contribution in [0.3, 0.4) is 0 Å². The largest absolute Gasteiger partial charge is 0.475 e. The summed E-state index contributed by atoms with van der Waals surface area (Å²) in [5, 5.41) is 50.2. The zero-order valence-electron chi connectivity index (χ0n) is 15.2. The summed E-state index contributed by atoms with van der Waals surface area (Å²) in [4.78, 5) is 20.3. The topological polar surface area (TPSA) is 169 Å². The summed E-state index contributed by atoms with van der Waals surface area (Å²) in [5.74, 6) is -3.31. The molecule has 0 radical (unpaired) electrons. The van der Waals surface area contributed by atoms with Crippen molar-refractivity contribution in [3.05, 3.63) is 23.7 Å². The van der Waals surface area contributed by atoms with Crippen LogP contribution in [0.1, 0.15) is 73.5 Å². The molecule has 0 amide bonds. The van der Waals surface area contributed by atoms with Crippen LogP contribution in [0.25, 0.3) is 0 Å². The first-order valence-electron chi connectivity index (χ1n) is 8.40. The van der Waals surface area contributed by atoms with Crippen LogP contribution < -0.4 is 0 Å². The van der Waals surface area contributed by atoms with E-state index in [0.29, 0.717) is 12.8 Å². The third-order valence-corrected chi connectivity index (χ3v) is 2.93. The molecular formula is C17H30O9. The summed E-state index contributed by atoms with van der Waals surface area (Å²) >= 11 is 0. The molecule has 0 spiro atoms. The molecule has 6 N–H and O–H groups in total. The summed E-state index contributed by atoms with van der Waals surface area (Å²) in [6.07, 6.45) is 3.46. The number of rotatable bonds is 9. The van der Waals surface area contributed by atoms with E-state index in [2.05, 4.69) is 11.3 Å². The third-order valence-electron chi connectivity index (χ3n) is 2.93. The van der Waals surface area contributed by atoms with Gasteiger partial charge in [-0.3, -0.25) is 0 Å². The normalized spacial score (nSPS) is 11.0. The Morgan fingerprint density at radius 1 is 0.923 bits per heavy atom. The number of aliphatic hydroxyl groups is 4. The number of hydrogen-bond acceptors (Lipinski definition) is 7. The van der Waals surface area contributed by atoms with Crippen molar-refractivity contribution in [1.82, 2.24) is 0 Å². The zero-order valence-corrected chi connectivity index (χ0v) is 15.2. The van der Waals surface area contributed by atoms with Crippen LogP contribution in [0, 0.1) is 0 Å². The molecule has 26 heavy (non-hydrogen) atoms. The van der Waals surface area contributed by atoms with Gasteiger partial charge < -0.3 is 35.1 Å². The number of aliphatic hydroxyl groups excluding tert-OH is 3. The van der Waals surface area contributed by atoms with Crippen molar-refractivity contribution in [2.75, 3.05) is 6.61 Å². The van der Waals surface area contributed by atoms with Crippen molar-refractivity contribution in [3.8, 4) is 0 Å². The molecule has 1 heterocycles. The number of furan rings is 1. The van der Waals surface area contributed by atoms with Crippen LogP contribution in [0.4, 0.5) is 0 Å². The number of carboxylic acids is 2. The number of carbonyl (C=O) groups is 2. The number of aromatic carboxylic acids is 2. The molecule has 0 fully saturated rings. The maximum absolute atomic E-state index is 10.2. The Labute approximate surface area is 152 Å². The molecule has 0 aliphatic carbocycles. The molecule has 9 nitrogen and oxygen atoms in total. The van der Waals surface area contributed by atoms with Gasteiger partial charge in [-0.1, -0.05) is 33.1 Å². The average molecular weight is 378 g/mol. The van der Waals surface area contributed by atoms with Crippen molar-refractivity contribution in [1.29, 1.82) is 0 Å². The molecule has 1 aromatic heterocycles. The second kappa shape index (κ2) is 16.5. The predicted octanol–water partition coefficient (Wildman–Crippen LogP) is 1.69. The van der Waals surface area contributed by atoms with E-state index in [0.717, 1.165) is 37.8 Å². The van der Waals surface area contributed by atoms with E-state index in [9.17, 15) is 9.59 Å². The smallest absolute Gasteiger partial charge is 0.371 e. The molecule has 0 aliphatic rings. The molecular weight excluding hydrogens is 348 g/mol. The minimum atomic E-state index is -1.28. The van der Waals surface area contributed by atoms with Gasteiger partial charge in [-0.25, -0.2) is 9.59 Å². The standard InChI is InChI=1S/C7H16O2.C6H4O5.C4H10O2/c1-2-3-4-7(9)5-6-8;7-5(8)3-1-2-4(11-3)6(9)10;1-2-3-4(5)6/h7-9H,2-6H2,1H3;1-2H,(H,7,8)(H,9,10);4-6H,2-3H2,1H3. The second-order valence-electron chi connectivity index (χ2n) is 5.35. The van der Waals surface area contributed by atoms with Crippen LogP contribution >= 0.6 is 0 Å². The monoisotopic (exact) mass is 378 g/mol. The lowest BCUT2D eigenvalue weighted by Gasteiger charge is -2.05. The van der Waals surface area contributed by atoms with Gasteiger partial charge in [0.25, 0.3) is 0 Å². The molecule has 0 aromatic carbocycles. The van der Waals surface area contributed by atoms with E-state index in [1.807, 2.05) is 6.92 Å². The fourth-order valence-corrected chi connectivity index (χ4v) is 1.56. The van der Waals surface area contributed by atoms with Crippen LogP contribution in [-0.4, -0.2) is 61.6 Å². The highest BCUT2D eigenvalue weighted by Crippen LogP contribution is 2.06. The van der Waals surface area contributed by atoms with Gasteiger partial charge in [0.15, 0.2) is 6.29 Å². The SMILES string of the molecule is CCCC(O)O.CCCCC(O)CCO.O=C(O)c1ccc(C(=O)O)o1. The molecule has 1 unspecified atom stereocenters. The van der Waals surface area contributed by atoms with E-state index < -0.39 is 18.2 Å². The minimum Gasteiger partial charge on any atom is -0.475 e. The summed E-state index contributed by atoms with van der Waals surface area (Å²) in [5.41, 5.74) is 0. The van der Waals surface area contributed by atoms with Gasteiger partial charge >= 0.3 is 11.9 Å². The van der Waals surface area contributed by atoms with Gasteiger partial charge in [-0.05, 0) is 31.4 Å². The molecule has 0 bridgehead atoms. The van der Waals surface area contributed by atoms with E-state index in [-0.39, 0.29) is 24.2 Å². The Kier molecular flexibility index (Phi) is 16.7. The van der Waals surface area contributed by atoms with Crippen molar-refractivity contribution in [3.63, 3.8) is 0 Å². The van der Waals surface area contributed by atoms with E-state index in [1.54, 1.807) is 0 Å². The second-order valence-corrected chi connectivity index (χ2v) is 5.35. The van der Waals surface area contributed by atoms with Crippen molar-refractivity contribution in [2.24, 2.45) is 0 Å². The van der Waals surface area contributed by atoms with Crippen LogP contribution in [0.2, 0.25) is 0 Å². The first kappa shape index (κ1) is 26.3. The summed E-state index contributed by atoms with van der Waals surface area (Å²) in [7, 11) is 0. The highest BCUT2D eigenvalue weighted by molar-refractivity contribution is 5.88. The summed E-state index contributed by atoms with van der Waals surface area (Å²) < 4.78 is 4.41. The van der Waals surface area contributed by atoms with Crippen molar-refractivity contribution >= 4 is 11.9 Å². The lowest BCUT2D eigenvalue weighted by Crippen LogP contribution is -2.07. The lowest BCUT2D eigenvalue weighted by atomic mass is 10.1. The van der Waals surface area contributed by atoms with Gasteiger partial charge in [-0.15, -0.1) is 0 Å². The quantitative estimate of drug-likeness (QED) is 0.350. The third kappa shape index (κ3) is 15.6. The predicted molar refractivity (Wildman–Crippen MR) is 93.0 cm³/mol. The Hall–Kier alpha value is -1.94. The number of hydrogen-bond donors (Lipinski definition) is 6.